The second-order valence-electron chi connectivity index (χ2n) is 7.80. The Morgan fingerprint density at radius 3 is 2.67 bits per heavy atom. The zero-order valence-corrected chi connectivity index (χ0v) is 17.3. The number of rotatable bonds is 6. The highest BCUT2D eigenvalue weighted by Crippen LogP contribution is 2.26. The lowest BCUT2D eigenvalue weighted by Gasteiger charge is -2.23. The normalized spacial score (nSPS) is 17.2. The first kappa shape index (κ1) is 21.5. The SMILES string of the molecule is CCC(C)(C)c1ccc(CNC(=O)c2ccn(C3CCCNC3)n2)cc1.Cl. The molecule has 1 aliphatic rings. The summed E-state index contributed by atoms with van der Waals surface area (Å²) in [6, 6.07) is 10.7. The molecule has 148 valence electrons. The minimum atomic E-state index is -0.120. The number of benzene rings is 1. The summed E-state index contributed by atoms with van der Waals surface area (Å²) >= 11 is 0. The lowest BCUT2D eigenvalue weighted by Crippen LogP contribution is -2.32. The van der Waals surface area contributed by atoms with E-state index in [0.29, 0.717) is 18.3 Å². The molecule has 5 nitrogen and oxygen atoms in total. The molecule has 0 aliphatic carbocycles. The molecule has 3 rings (SSSR count). The number of carbonyl (C=O) groups is 1. The van der Waals surface area contributed by atoms with E-state index in [1.165, 1.54) is 5.56 Å². The minimum Gasteiger partial charge on any atom is -0.347 e. The highest BCUT2D eigenvalue weighted by molar-refractivity contribution is 5.92. The third-order valence-electron chi connectivity index (χ3n) is 5.56. The number of amides is 1. The monoisotopic (exact) mass is 390 g/mol. The van der Waals surface area contributed by atoms with Crippen LogP contribution in [0, 0.1) is 0 Å². The molecule has 27 heavy (non-hydrogen) atoms. The highest BCUT2D eigenvalue weighted by Gasteiger charge is 2.19. The van der Waals surface area contributed by atoms with Gasteiger partial charge in [-0.1, -0.05) is 45.0 Å². The lowest BCUT2D eigenvalue weighted by molar-refractivity contribution is 0.0944. The van der Waals surface area contributed by atoms with Crippen molar-refractivity contribution in [2.45, 2.75) is 58.0 Å². The molecule has 1 aromatic heterocycles. The van der Waals surface area contributed by atoms with Gasteiger partial charge in [-0.25, -0.2) is 0 Å². The van der Waals surface area contributed by atoms with Crippen molar-refractivity contribution in [3.8, 4) is 0 Å². The second-order valence-corrected chi connectivity index (χ2v) is 7.80. The Morgan fingerprint density at radius 1 is 1.30 bits per heavy atom. The smallest absolute Gasteiger partial charge is 0.272 e. The van der Waals surface area contributed by atoms with Crippen molar-refractivity contribution in [2.24, 2.45) is 0 Å². The first-order chi connectivity index (χ1) is 12.5. The van der Waals surface area contributed by atoms with Gasteiger partial charge in [0.15, 0.2) is 0 Å². The van der Waals surface area contributed by atoms with Gasteiger partial charge in [0.1, 0.15) is 5.69 Å². The van der Waals surface area contributed by atoms with Crippen molar-refractivity contribution < 1.29 is 4.79 Å². The maximum atomic E-state index is 12.4. The van der Waals surface area contributed by atoms with Crippen LogP contribution >= 0.6 is 12.4 Å². The molecule has 0 saturated carbocycles. The highest BCUT2D eigenvalue weighted by atomic mass is 35.5. The first-order valence-corrected chi connectivity index (χ1v) is 9.63. The van der Waals surface area contributed by atoms with Crippen molar-refractivity contribution in [1.82, 2.24) is 20.4 Å². The molecule has 1 amide bonds. The van der Waals surface area contributed by atoms with Crippen molar-refractivity contribution in [2.75, 3.05) is 13.1 Å². The number of aromatic nitrogens is 2. The van der Waals surface area contributed by atoms with Crippen LogP contribution in [0.2, 0.25) is 0 Å². The molecule has 1 aliphatic heterocycles. The number of hydrogen-bond donors (Lipinski definition) is 2. The average molecular weight is 391 g/mol. The second kappa shape index (κ2) is 9.38. The van der Waals surface area contributed by atoms with Crippen molar-refractivity contribution in [3.05, 3.63) is 53.3 Å². The molecule has 1 atom stereocenters. The minimum absolute atomic E-state index is 0. The van der Waals surface area contributed by atoms with Gasteiger partial charge in [0.25, 0.3) is 5.91 Å². The van der Waals surface area contributed by atoms with Crippen LogP contribution in [0.25, 0.3) is 0 Å². The number of carbonyl (C=O) groups excluding carboxylic acids is 1. The molecule has 2 N–H and O–H groups in total. The summed E-state index contributed by atoms with van der Waals surface area (Å²) in [5.41, 5.74) is 3.10. The Bertz CT molecular complexity index is 733. The van der Waals surface area contributed by atoms with E-state index in [0.717, 1.165) is 37.9 Å². The molecular weight excluding hydrogens is 360 g/mol. The summed E-state index contributed by atoms with van der Waals surface area (Å²) in [5.74, 6) is -0.120. The fourth-order valence-corrected chi connectivity index (χ4v) is 3.27. The average Bonchev–Trinajstić information content (AvgIpc) is 3.17. The quantitative estimate of drug-likeness (QED) is 0.787. The largest absolute Gasteiger partial charge is 0.347 e. The third kappa shape index (κ3) is 5.33. The maximum Gasteiger partial charge on any atom is 0.272 e. The number of nitrogens with one attached hydrogen (secondary N) is 2. The van der Waals surface area contributed by atoms with E-state index in [-0.39, 0.29) is 23.7 Å². The van der Waals surface area contributed by atoms with Gasteiger partial charge < -0.3 is 10.6 Å². The van der Waals surface area contributed by atoms with Gasteiger partial charge in [-0.2, -0.15) is 5.10 Å². The van der Waals surface area contributed by atoms with Gasteiger partial charge in [-0.15, -0.1) is 12.4 Å². The van der Waals surface area contributed by atoms with Crippen LogP contribution in [0.1, 0.15) is 67.7 Å². The van der Waals surface area contributed by atoms with E-state index >= 15 is 0 Å². The molecule has 1 saturated heterocycles. The Hall–Kier alpha value is -1.85. The van der Waals surface area contributed by atoms with E-state index < -0.39 is 0 Å². The Kier molecular flexibility index (Phi) is 7.45. The van der Waals surface area contributed by atoms with Crippen molar-refractivity contribution in [1.29, 1.82) is 0 Å². The van der Waals surface area contributed by atoms with E-state index in [2.05, 4.69) is 60.8 Å². The molecule has 0 radical (unpaired) electrons. The summed E-state index contributed by atoms with van der Waals surface area (Å²) in [6.45, 7) is 9.21. The predicted molar refractivity (Wildman–Crippen MR) is 112 cm³/mol. The van der Waals surface area contributed by atoms with Crippen LogP contribution in [-0.4, -0.2) is 28.8 Å². The summed E-state index contributed by atoms with van der Waals surface area (Å²) in [7, 11) is 0. The van der Waals surface area contributed by atoms with Crippen LogP contribution in [0.3, 0.4) is 0 Å². The number of halogens is 1. The standard InChI is InChI=1S/C21H30N4O.ClH/c1-4-21(2,3)17-9-7-16(8-10-17)14-23-20(26)19-11-13-25(24-19)18-6-5-12-22-15-18;/h7-11,13,18,22H,4-6,12,14-15H2,1-3H3,(H,23,26);1H. The third-order valence-corrected chi connectivity index (χ3v) is 5.56. The summed E-state index contributed by atoms with van der Waals surface area (Å²) < 4.78 is 1.92. The van der Waals surface area contributed by atoms with Gasteiger partial charge in [-0.3, -0.25) is 9.48 Å². The van der Waals surface area contributed by atoms with Crippen LogP contribution in [0.4, 0.5) is 0 Å². The number of hydrogen-bond acceptors (Lipinski definition) is 3. The predicted octanol–water partition coefficient (Wildman–Crippen LogP) is 3.85. The van der Waals surface area contributed by atoms with E-state index in [1.807, 2.05) is 10.9 Å². The number of piperidine rings is 1. The summed E-state index contributed by atoms with van der Waals surface area (Å²) in [5, 5.41) is 10.8. The topological polar surface area (TPSA) is 59.0 Å². The molecular formula is C21H31ClN4O. The summed E-state index contributed by atoms with van der Waals surface area (Å²) in [6.07, 6.45) is 5.27. The van der Waals surface area contributed by atoms with Gasteiger partial charge >= 0.3 is 0 Å². The molecule has 2 aromatic rings. The number of nitrogens with zero attached hydrogens (tertiary/aromatic N) is 2. The molecule has 1 aromatic carbocycles. The Balaban J connectivity index is 0.00000261. The molecule has 1 fully saturated rings. The van der Waals surface area contributed by atoms with Gasteiger partial charge in [0, 0.05) is 19.3 Å². The molecule has 2 heterocycles. The van der Waals surface area contributed by atoms with E-state index in [4.69, 9.17) is 0 Å². The Morgan fingerprint density at radius 2 is 2.04 bits per heavy atom. The van der Waals surface area contributed by atoms with Crippen LogP contribution in [-0.2, 0) is 12.0 Å². The van der Waals surface area contributed by atoms with Crippen LogP contribution in [0.5, 0.6) is 0 Å². The van der Waals surface area contributed by atoms with Gasteiger partial charge in [0.2, 0.25) is 0 Å². The Labute approximate surface area is 168 Å². The van der Waals surface area contributed by atoms with Crippen molar-refractivity contribution in [3.63, 3.8) is 0 Å². The van der Waals surface area contributed by atoms with E-state index in [9.17, 15) is 4.79 Å². The van der Waals surface area contributed by atoms with Gasteiger partial charge in [-0.05, 0) is 48.4 Å². The fourth-order valence-electron chi connectivity index (χ4n) is 3.27. The molecule has 6 heteroatoms. The zero-order chi connectivity index (χ0) is 18.6. The zero-order valence-electron chi connectivity index (χ0n) is 16.5. The lowest BCUT2D eigenvalue weighted by atomic mass is 9.82. The summed E-state index contributed by atoms with van der Waals surface area (Å²) in [4.78, 5) is 12.4. The first-order valence-electron chi connectivity index (χ1n) is 9.63. The maximum absolute atomic E-state index is 12.4. The fraction of sp³-hybridized carbons (Fsp3) is 0.524. The molecule has 1 unspecified atom stereocenters. The molecule has 0 bridgehead atoms. The van der Waals surface area contributed by atoms with Crippen LogP contribution in [0.15, 0.2) is 36.5 Å². The van der Waals surface area contributed by atoms with Gasteiger partial charge in [0.05, 0.1) is 6.04 Å². The van der Waals surface area contributed by atoms with Crippen LogP contribution < -0.4 is 10.6 Å². The molecule has 0 spiro atoms. The van der Waals surface area contributed by atoms with Crippen molar-refractivity contribution >= 4 is 18.3 Å². The van der Waals surface area contributed by atoms with E-state index in [1.54, 1.807) is 6.07 Å².